The summed E-state index contributed by atoms with van der Waals surface area (Å²) >= 11 is 0. The molecule has 1 amide bonds. The molecule has 32 heavy (non-hydrogen) atoms. The monoisotopic (exact) mass is 457 g/mol. The van der Waals surface area contributed by atoms with E-state index in [1.54, 1.807) is 0 Å². The molecule has 1 aliphatic rings. The van der Waals surface area contributed by atoms with E-state index in [4.69, 9.17) is 9.47 Å². The largest absolute Gasteiger partial charge is 0.394 e. The van der Waals surface area contributed by atoms with Crippen molar-refractivity contribution in [3.05, 3.63) is 0 Å². The summed E-state index contributed by atoms with van der Waals surface area (Å²) in [5, 5.41) is 12.6. The molecular weight excluding hydrogens is 402 g/mol. The van der Waals surface area contributed by atoms with Crippen molar-refractivity contribution in [2.24, 2.45) is 0 Å². The Bertz CT molecular complexity index is 429. The lowest BCUT2D eigenvalue weighted by Crippen LogP contribution is -2.63. The molecule has 5 heteroatoms. The molecule has 1 rings (SSSR count). The van der Waals surface area contributed by atoms with Crippen LogP contribution in [0.5, 0.6) is 0 Å². The van der Waals surface area contributed by atoms with Gasteiger partial charge in [-0.25, -0.2) is 0 Å². The van der Waals surface area contributed by atoms with Crippen LogP contribution in [0.1, 0.15) is 137 Å². The highest BCUT2D eigenvalue weighted by molar-refractivity contribution is 5.76. The molecule has 0 aliphatic carbocycles. The van der Waals surface area contributed by atoms with Gasteiger partial charge in [0.25, 0.3) is 0 Å². The number of nitrogens with one attached hydrogen (secondary N) is 1. The zero-order valence-corrected chi connectivity index (χ0v) is 22.1. The van der Waals surface area contributed by atoms with Crippen molar-refractivity contribution >= 4 is 5.91 Å². The summed E-state index contributed by atoms with van der Waals surface area (Å²) in [7, 11) is 0. The highest BCUT2D eigenvalue weighted by atomic mass is 16.7. The number of carbonyl (C=O) groups excluding carboxylic acids is 1. The predicted molar refractivity (Wildman–Crippen MR) is 135 cm³/mol. The second kappa shape index (κ2) is 19.8. The molecule has 0 radical (unpaired) electrons. The first kappa shape index (κ1) is 31.4. The van der Waals surface area contributed by atoms with Crippen LogP contribution >= 0.6 is 0 Å². The summed E-state index contributed by atoms with van der Waals surface area (Å²) in [5.41, 5.74) is -0.803. The second-order valence-electron chi connectivity index (χ2n) is 9.66. The van der Waals surface area contributed by atoms with Crippen molar-refractivity contribution in [1.29, 1.82) is 0 Å². The summed E-state index contributed by atoms with van der Waals surface area (Å²) < 4.78 is 11.2. The fourth-order valence-electron chi connectivity index (χ4n) is 3.93. The van der Waals surface area contributed by atoms with Gasteiger partial charge in [0, 0.05) is 6.42 Å². The third kappa shape index (κ3) is 16.0. The lowest BCUT2D eigenvalue weighted by Gasteiger charge is -2.42. The van der Waals surface area contributed by atoms with Crippen molar-refractivity contribution in [2.75, 3.05) is 19.8 Å². The number of aliphatic hydroxyl groups is 1. The van der Waals surface area contributed by atoms with E-state index in [2.05, 4.69) is 12.2 Å². The van der Waals surface area contributed by atoms with E-state index in [0.29, 0.717) is 6.42 Å². The Hall–Kier alpha value is -0.650. The van der Waals surface area contributed by atoms with Crippen molar-refractivity contribution < 1.29 is 19.4 Å². The normalized spacial score (nSPS) is 16.8. The molecule has 192 valence electrons. The summed E-state index contributed by atoms with van der Waals surface area (Å²) in [4.78, 5) is 12.2. The molecule has 0 aromatic carbocycles. The van der Waals surface area contributed by atoms with E-state index < -0.39 is 11.3 Å². The fraction of sp³-hybridized carbons (Fsp3) is 0.963. The fourth-order valence-corrected chi connectivity index (χ4v) is 3.93. The molecule has 1 heterocycles. The van der Waals surface area contributed by atoms with Crippen LogP contribution in [-0.4, -0.2) is 42.2 Å². The number of hydrogen-bond acceptors (Lipinski definition) is 4. The Labute approximate surface area is 199 Å². The van der Waals surface area contributed by atoms with Crippen molar-refractivity contribution in [2.45, 2.75) is 149 Å². The molecule has 0 bridgehead atoms. The molecule has 1 fully saturated rings. The van der Waals surface area contributed by atoms with Crippen LogP contribution in [0.2, 0.25) is 0 Å². The van der Waals surface area contributed by atoms with Gasteiger partial charge in [0.2, 0.25) is 5.91 Å². The molecule has 1 aliphatic heterocycles. The Morgan fingerprint density at radius 2 is 1.12 bits per heavy atom. The van der Waals surface area contributed by atoms with Gasteiger partial charge in [0.1, 0.15) is 5.54 Å². The summed E-state index contributed by atoms with van der Waals surface area (Å²) in [5.74, 6) is -0.678. The lowest BCUT2D eigenvalue weighted by atomic mass is 10.0. The van der Waals surface area contributed by atoms with E-state index in [-0.39, 0.29) is 25.7 Å². The van der Waals surface area contributed by atoms with Crippen LogP contribution in [0.15, 0.2) is 0 Å². The molecule has 0 aromatic rings. The van der Waals surface area contributed by atoms with Gasteiger partial charge in [-0.2, -0.15) is 0 Å². The first-order valence-electron chi connectivity index (χ1n) is 13.6. The van der Waals surface area contributed by atoms with Crippen LogP contribution in [0, 0.1) is 0 Å². The molecule has 1 saturated heterocycles. The van der Waals surface area contributed by atoms with Gasteiger partial charge in [-0.05, 0) is 20.3 Å². The van der Waals surface area contributed by atoms with Gasteiger partial charge >= 0.3 is 0 Å². The van der Waals surface area contributed by atoms with Crippen LogP contribution in [-0.2, 0) is 14.3 Å². The van der Waals surface area contributed by atoms with Gasteiger partial charge in [0.05, 0.1) is 19.8 Å². The smallest absolute Gasteiger partial charge is 0.220 e. The zero-order chi connectivity index (χ0) is 24.1. The summed E-state index contributed by atoms with van der Waals surface area (Å²) in [6.45, 7) is 10.3. The van der Waals surface area contributed by atoms with Crippen LogP contribution in [0.3, 0.4) is 0 Å². The van der Waals surface area contributed by atoms with Crippen LogP contribution in [0.25, 0.3) is 0 Å². The third-order valence-corrected chi connectivity index (χ3v) is 6.11. The average molecular weight is 458 g/mol. The van der Waals surface area contributed by atoms with Crippen molar-refractivity contribution in [1.82, 2.24) is 5.32 Å². The summed E-state index contributed by atoms with van der Waals surface area (Å²) in [6, 6.07) is 0. The van der Waals surface area contributed by atoms with Crippen LogP contribution < -0.4 is 5.32 Å². The number of hydrogen-bond donors (Lipinski definition) is 2. The number of amides is 1. The number of unbranched alkanes of at least 4 members (excludes halogenated alkanes) is 14. The van der Waals surface area contributed by atoms with Gasteiger partial charge in [0.15, 0.2) is 5.79 Å². The first-order valence-corrected chi connectivity index (χ1v) is 13.6. The number of aliphatic hydroxyl groups excluding tert-OH is 1. The maximum absolute atomic E-state index is 12.2. The first-order chi connectivity index (χ1) is 15.4. The van der Waals surface area contributed by atoms with E-state index in [1.807, 2.05) is 27.7 Å². The standard InChI is InChI=1S/C25H49NO4.C2H6/c1-4-5-6-7-8-9-10-11-12-13-14-15-16-17-18-19-23(28)26-25(20-27)21-29-24(2,3)30-22-25;1-2/h27H,4-22H2,1-3H3,(H,26,28);1-2H3. The number of ether oxygens (including phenoxy) is 2. The Morgan fingerprint density at radius 1 is 0.750 bits per heavy atom. The Morgan fingerprint density at radius 3 is 1.50 bits per heavy atom. The highest BCUT2D eigenvalue weighted by Gasteiger charge is 2.40. The maximum atomic E-state index is 12.2. The minimum absolute atomic E-state index is 0.0225. The van der Waals surface area contributed by atoms with Crippen LogP contribution in [0.4, 0.5) is 0 Å². The zero-order valence-electron chi connectivity index (χ0n) is 22.1. The van der Waals surface area contributed by atoms with E-state index >= 15 is 0 Å². The lowest BCUT2D eigenvalue weighted by molar-refractivity contribution is -0.274. The van der Waals surface area contributed by atoms with E-state index in [1.165, 1.54) is 83.5 Å². The molecular formula is C27H55NO4. The minimum atomic E-state index is -0.803. The van der Waals surface area contributed by atoms with Gasteiger partial charge < -0.3 is 19.9 Å². The number of rotatable bonds is 18. The molecule has 0 saturated carbocycles. The van der Waals surface area contributed by atoms with E-state index in [0.717, 1.165) is 12.8 Å². The topological polar surface area (TPSA) is 67.8 Å². The number of carbonyl (C=O) groups is 1. The Kier molecular flexibility index (Phi) is 19.4. The van der Waals surface area contributed by atoms with Crippen molar-refractivity contribution in [3.8, 4) is 0 Å². The van der Waals surface area contributed by atoms with E-state index in [9.17, 15) is 9.90 Å². The highest BCUT2D eigenvalue weighted by Crippen LogP contribution is 2.23. The SMILES string of the molecule is CC.CCCCCCCCCCCCCCCCCC(=O)NC1(CO)COC(C)(C)OC1. The Balaban J connectivity index is 0.00000466. The van der Waals surface area contributed by atoms with Gasteiger partial charge in [-0.15, -0.1) is 0 Å². The molecule has 2 N–H and O–H groups in total. The van der Waals surface area contributed by atoms with Gasteiger partial charge in [-0.1, -0.05) is 111 Å². The minimum Gasteiger partial charge on any atom is -0.394 e. The predicted octanol–water partition coefficient (Wildman–Crippen LogP) is 6.90. The average Bonchev–Trinajstić information content (AvgIpc) is 2.79. The van der Waals surface area contributed by atoms with Crippen molar-refractivity contribution in [3.63, 3.8) is 0 Å². The molecule has 0 atom stereocenters. The molecule has 0 spiro atoms. The third-order valence-electron chi connectivity index (χ3n) is 6.11. The maximum Gasteiger partial charge on any atom is 0.220 e. The summed E-state index contributed by atoms with van der Waals surface area (Å²) in [6.07, 6.45) is 20.2. The molecule has 0 aromatic heterocycles. The van der Waals surface area contributed by atoms with Gasteiger partial charge in [-0.3, -0.25) is 4.79 Å². The molecule has 0 unspecified atom stereocenters. The quantitative estimate of drug-likeness (QED) is 0.220. The second-order valence-corrected chi connectivity index (χ2v) is 9.66. The molecule has 5 nitrogen and oxygen atoms in total.